The van der Waals surface area contributed by atoms with Crippen molar-refractivity contribution < 1.29 is 23.9 Å². The topological polar surface area (TPSA) is 131 Å². The summed E-state index contributed by atoms with van der Waals surface area (Å²) in [6.45, 7) is 2.00. The molecule has 1 aromatic carbocycles. The fraction of sp³-hybridized carbons (Fsp3) is 0.381. The van der Waals surface area contributed by atoms with Crippen LogP contribution < -0.4 is 16.0 Å². The predicted octanol–water partition coefficient (Wildman–Crippen LogP) is 1.76. The van der Waals surface area contributed by atoms with Gasteiger partial charge in [-0.15, -0.1) is 0 Å². The molecule has 0 radical (unpaired) electrons. The molecule has 2 aliphatic rings. The van der Waals surface area contributed by atoms with E-state index >= 15 is 0 Å². The zero-order valence-corrected chi connectivity index (χ0v) is 17.0. The van der Waals surface area contributed by atoms with E-state index in [1.54, 1.807) is 37.4 Å². The smallest absolute Gasteiger partial charge is 0.358 e. The van der Waals surface area contributed by atoms with Crippen LogP contribution in [-0.2, 0) is 14.3 Å². The Bertz CT molecular complexity index is 1040. The van der Waals surface area contributed by atoms with E-state index in [1.807, 2.05) is 6.07 Å². The summed E-state index contributed by atoms with van der Waals surface area (Å²) in [4.78, 5) is 48.1. The molecule has 10 heteroatoms. The van der Waals surface area contributed by atoms with Crippen molar-refractivity contribution >= 4 is 29.5 Å². The van der Waals surface area contributed by atoms with Crippen molar-refractivity contribution in [1.29, 1.82) is 0 Å². The molecule has 4 amide bonds. The van der Waals surface area contributed by atoms with E-state index in [0.29, 0.717) is 37.1 Å². The number of hydrogen-bond acceptors (Lipinski definition) is 6. The fourth-order valence-electron chi connectivity index (χ4n) is 4.01. The Morgan fingerprint density at radius 2 is 2.03 bits per heavy atom. The van der Waals surface area contributed by atoms with E-state index < -0.39 is 17.5 Å². The Morgan fingerprint density at radius 3 is 2.71 bits per heavy atom. The molecule has 2 heterocycles. The van der Waals surface area contributed by atoms with E-state index in [1.165, 1.54) is 4.68 Å². The lowest BCUT2D eigenvalue weighted by molar-refractivity contribution is -0.128. The highest BCUT2D eigenvalue weighted by Crippen LogP contribution is 2.34. The van der Waals surface area contributed by atoms with Crippen LogP contribution in [0.4, 0.5) is 10.5 Å². The summed E-state index contributed by atoms with van der Waals surface area (Å²) in [5.41, 5.74) is 0.601. The van der Waals surface area contributed by atoms with Crippen LogP contribution in [0.25, 0.3) is 5.69 Å². The number of carbonyl (C=O) groups excluding carboxylic acids is 4. The molecule has 0 atom stereocenters. The number of benzene rings is 1. The van der Waals surface area contributed by atoms with Crippen LogP contribution in [0.5, 0.6) is 0 Å². The van der Waals surface area contributed by atoms with Crippen LogP contribution in [0.1, 0.15) is 43.1 Å². The van der Waals surface area contributed by atoms with E-state index in [9.17, 15) is 19.2 Å². The number of anilines is 1. The number of esters is 1. The lowest BCUT2D eigenvalue weighted by Gasteiger charge is -2.33. The summed E-state index contributed by atoms with van der Waals surface area (Å²) in [6, 6.07) is 8.21. The van der Waals surface area contributed by atoms with Gasteiger partial charge in [0.1, 0.15) is 5.54 Å². The number of nitrogens with one attached hydrogen (secondary N) is 3. The Morgan fingerprint density at radius 1 is 1.26 bits per heavy atom. The van der Waals surface area contributed by atoms with Gasteiger partial charge in [0.25, 0.3) is 5.91 Å². The normalized spacial score (nSPS) is 22.7. The van der Waals surface area contributed by atoms with Crippen LogP contribution in [0, 0.1) is 5.92 Å². The van der Waals surface area contributed by atoms with Gasteiger partial charge in [-0.1, -0.05) is 6.07 Å². The van der Waals surface area contributed by atoms with Gasteiger partial charge in [-0.2, -0.15) is 5.10 Å². The molecular formula is C21H23N5O5. The molecule has 162 valence electrons. The van der Waals surface area contributed by atoms with Gasteiger partial charge in [0.05, 0.1) is 12.3 Å². The minimum atomic E-state index is -0.884. The first-order chi connectivity index (χ1) is 14.9. The standard InChI is InChI=1S/C21H23N5O5/c1-2-31-18(28)16-8-11-26(25-16)15-5-3-4-14(12-15)22-17(27)13-6-9-21(10-7-13)19(29)23-20(30)24-21/h3-5,8,11-13H,2,6-7,9-10H2,1H3,(H,22,27)(H2,23,24,29,30). The molecule has 2 aromatic rings. The molecule has 3 N–H and O–H groups in total. The highest BCUT2D eigenvalue weighted by atomic mass is 16.5. The molecule has 2 fully saturated rings. The van der Waals surface area contributed by atoms with Gasteiger partial charge in [0.2, 0.25) is 5.91 Å². The maximum Gasteiger partial charge on any atom is 0.358 e. The van der Waals surface area contributed by atoms with Crippen molar-refractivity contribution in [2.24, 2.45) is 5.92 Å². The molecule has 0 bridgehead atoms. The molecule has 1 saturated carbocycles. The van der Waals surface area contributed by atoms with Gasteiger partial charge < -0.3 is 15.4 Å². The number of nitrogens with zero attached hydrogens (tertiary/aromatic N) is 2. The Kier molecular flexibility index (Phi) is 5.45. The van der Waals surface area contributed by atoms with E-state index in [2.05, 4.69) is 21.0 Å². The van der Waals surface area contributed by atoms with Gasteiger partial charge in [-0.3, -0.25) is 14.9 Å². The van der Waals surface area contributed by atoms with E-state index in [-0.39, 0.29) is 30.0 Å². The SMILES string of the molecule is CCOC(=O)c1ccn(-c2cccc(NC(=O)C3CCC4(CC3)NC(=O)NC4=O)c2)n1. The third-order valence-electron chi connectivity index (χ3n) is 5.68. The average molecular weight is 425 g/mol. The molecule has 31 heavy (non-hydrogen) atoms. The maximum atomic E-state index is 12.7. The number of carbonyl (C=O) groups is 4. The minimum absolute atomic E-state index is 0.135. The lowest BCUT2D eigenvalue weighted by Crippen LogP contribution is -2.50. The summed E-state index contributed by atoms with van der Waals surface area (Å²) in [5, 5.41) is 12.1. The van der Waals surface area contributed by atoms with E-state index in [0.717, 1.165) is 0 Å². The van der Waals surface area contributed by atoms with Crippen molar-refractivity contribution in [3.05, 3.63) is 42.2 Å². The number of hydrogen-bond donors (Lipinski definition) is 3. The first kappa shape index (κ1) is 20.6. The summed E-state index contributed by atoms with van der Waals surface area (Å²) in [7, 11) is 0. The number of ether oxygens (including phenoxy) is 1. The van der Waals surface area contributed by atoms with Gasteiger partial charge in [-0.05, 0) is 56.9 Å². The van der Waals surface area contributed by atoms with Crippen molar-refractivity contribution in [3.8, 4) is 5.69 Å². The minimum Gasteiger partial charge on any atom is -0.461 e. The predicted molar refractivity (Wildman–Crippen MR) is 110 cm³/mol. The molecule has 1 aliphatic heterocycles. The summed E-state index contributed by atoms with van der Waals surface area (Å²) < 4.78 is 6.48. The summed E-state index contributed by atoms with van der Waals surface area (Å²) in [6.07, 6.45) is 3.50. The van der Waals surface area contributed by atoms with E-state index in [4.69, 9.17) is 4.74 Å². The Hall–Kier alpha value is -3.69. The number of amides is 4. The van der Waals surface area contributed by atoms with Crippen LogP contribution in [-0.4, -0.2) is 45.7 Å². The zero-order valence-electron chi connectivity index (χ0n) is 17.0. The van der Waals surface area contributed by atoms with Gasteiger partial charge >= 0.3 is 12.0 Å². The first-order valence-electron chi connectivity index (χ1n) is 10.2. The van der Waals surface area contributed by atoms with Crippen molar-refractivity contribution in [3.63, 3.8) is 0 Å². The van der Waals surface area contributed by atoms with Crippen LogP contribution in [0.15, 0.2) is 36.5 Å². The quantitative estimate of drug-likeness (QED) is 0.494. The number of aromatic nitrogens is 2. The number of urea groups is 1. The third kappa shape index (κ3) is 4.14. The van der Waals surface area contributed by atoms with Crippen LogP contribution in [0.3, 0.4) is 0 Å². The molecule has 4 rings (SSSR count). The van der Waals surface area contributed by atoms with Gasteiger partial charge in [0, 0.05) is 17.8 Å². The number of imide groups is 1. The highest BCUT2D eigenvalue weighted by Gasteiger charge is 2.48. The highest BCUT2D eigenvalue weighted by molar-refractivity contribution is 6.07. The molecule has 1 spiro atoms. The van der Waals surface area contributed by atoms with Crippen molar-refractivity contribution in [2.45, 2.75) is 38.1 Å². The second-order valence-corrected chi connectivity index (χ2v) is 7.67. The Labute approximate surface area is 178 Å². The Balaban J connectivity index is 1.39. The average Bonchev–Trinajstić information content (AvgIpc) is 3.34. The van der Waals surface area contributed by atoms with Crippen molar-refractivity contribution in [2.75, 3.05) is 11.9 Å². The molecule has 1 aliphatic carbocycles. The monoisotopic (exact) mass is 425 g/mol. The van der Waals surface area contributed by atoms with Gasteiger partial charge in [0.15, 0.2) is 5.69 Å². The second kappa shape index (κ2) is 8.21. The second-order valence-electron chi connectivity index (χ2n) is 7.67. The molecule has 0 unspecified atom stereocenters. The molecule has 1 saturated heterocycles. The largest absolute Gasteiger partial charge is 0.461 e. The number of rotatable bonds is 5. The van der Waals surface area contributed by atoms with Crippen LogP contribution in [0.2, 0.25) is 0 Å². The van der Waals surface area contributed by atoms with Crippen LogP contribution >= 0.6 is 0 Å². The zero-order chi connectivity index (χ0) is 22.0. The van der Waals surface area contributed by atoms with Gasteiger partial charge in [-0.25, -0.2) is 14.3 Å². The third-order valence-corrected chi connectivity index (χ3v) is 5.68. The summed E-state index contributed by atoms with van der Waals surface area (Å²) in [5.74, 6) is -1.19. The fourth-order valence-corrected chi connectivity index (χ4v) is 4.01. The first-order valence-corrected chi connectivity index (χ1v) is 10.2. The van der Waals surface area contributed by atoms with Crippen molar-refractivity contribution in [1.82, 2.24) is 20.4 Å². The lowest BCUT2D eigenvalue weighted by atomic mass is 9.76. The summed E-state index contributed by atoms with van der Waals surface area (Å²) >= 11 is 0. The molecule has 1 aromatic heterocycles. The molecular weight excluding hydrogens is 402 g/mol. The molecule has 10 nitrogen and oxygen atoms in total. The maximum absolute atomic E-state index is 12.7.